The van der Waals surface area contributed by atoms with Gasteiger partial charge in [-0.2, -0.15) is 0 Å². The summed E-state index contributed by atoms with van der Waals surface area (Å²) in [6.45, 7) is 3.59. The number of hydrogen-bond donors (Lipinski definition) is 1. The van der Waals surface area contributed by atoms with Crippen LogP contribution in [-0.2, 0) is 9.53 Å². The third kappa shape index (κ3) is 3.15. The van der Waals surface area contributed by atoms with Gasteiger partial charge < -0.3 is 15.4 Å². The van der Waals surface area contributed by atoms with E-state index in [1.165, 1.54) is 7.11 Å². The molecular weight excluding hydrogens is 316 g/mol. The van der Waals surface area contributed by atoms with E-state index >= 15 is 0 Å². The molecule has 0 aromatic heterocycles. The summed E-state index contributed by atoms with van der Waals surface area (Å²) in [4.78, 5) is 25.6. The molecule has 5 heteroatoms. The number of nitrogens with zero attached hydrogens (tertiary/aromatic N) is 1. The van der Waals surface area contributed by atoms with Crippen LogP contribution in [0.5, 0.6) is 0 Å². The predicted octanol–water partition coefficient (Wildman–Crippen LogP) is 3.29. The van der Waals surface area contributed by atoms with E-state index in [2.05, 4.69) is 0 Å². The molecule has 0 saturated heterocycles. The molecule has 0 fully saturated rings. The standard InChI is InChI=1S/C20H22N2O3/c1-12-9-18(21)17-11-15(7-8-19(17)22(12)13(2)23)14-5-4-6-16(10-14)20(24)25-3/h4-8,10-12,18H,9,21H2,1-3H3. The first kappa shape index (κ1) is 17.2. The molecule has 2 N–H and O–H groups in total. The van der Waals surface area contributed by atoms with Crippen LogP contribution in [0, 0.1) is 0 Å². The summed E-state index contributed by atoms with van der Waals surface area (Å²) < 4.78 is 4.78. The summed E-state index contributed by atoms with van der Waals surface area (Å²) in [7, 11) is 1.37. The van der Waals surface area contributed by atoms with Crippen LogP contribution in [0.1, 0.15) is 42.2 Å². The number of ether oxygens (including phenoxy) is 1. The number of fused-ring (bicyclic) bond motifs is 1. The largest absolute Gasteiger partial charge is 0.465 e. The number of hydrogen-bond acceptors (Lipinski definition) is 4. The van der Waals surface area contributed by atoms with Gasteiger partial charge in [0.2, 0.25) is 5.91 Å². The van der Waals surface area contributed by atoms with Gasteiger partial charge in [-0.3, -0.25) is 4.79 Å². The average molecular weight is 338 g/mol. The van der Waals surface area contributed by atoms with Crippen LogP contribution in [-0.4, -0.2) is 25.0 Å². The minimum absolute atomic E-state index is 0.0149. The molecule has 130 valence electrons. The van der Waals surface area contributed by atoms with Gasteiger partial charge in [0.05, 0.1) is 12.7 Å². The minimum atomic E-state index is -0.368. The van der Waals surface area contributed by atoms with Crippen molar-refractivity contribution in [3.63, 3.8) is 0 Å². The number of amides is 1. The number of nitrogens with two attached hydrogens (primary N) is 1. The molecule has 0 radical (unpaired) electrons. The Balaban J connectivity index is 2.06. The van der Waals surface area contributed by atoms with Gasteiger partial charge >= 0.3 is 5.97 Å². The molecule has 0 aliphatic carbocycles. The molecular formula is C20H22N2O3. The van der Waals surface area contributed by atoms with Crippen molar-refractivity contribution < 1.29 is 14.3 Å². The second-order valence-electron chi connectivity index (χ2n) is 6.43. The van der Waals surface area contributed by atoms with E-state index in [1.807, 2.05) is 37.3 Å². The smallest absolute Gasteiger partial charge is 0.337 e. The van der Waals surface area contributed by atoms with Crippen molar-refractivity contribution in [3.8, 4) is 11.1 Å². The van der Waals surface area contributed by atoms with Crippen LogP contribution >= 0.6 is 0 Å². The van der Waals surface area contributed by atoms with Crippen molar-refractivity contribution in [2.45, 2.75) is 32.4 Å². The highest BCUT2D eigenvalue weighted by molar-refractivity contribution is 5.94. The summed E-state index contributed by atoms with van der Waals surface area (Å²) in [5.74, 6) is -0.353. The van der Waals surface area contributed by atoms with E-state index in [9.17, 15) is 9.59 Å². The molecule has 2 unspecified atom stereocenters. The Morgan fingerprint density at radius 3 is 2.56 bits per heavy atom. The lowest BCUT2D eigenvalue weighted by atomic mass is 9.89. The van der Waals surface area contributed by atoms with Crippen LogP contribution in [0.3, 0.4) is 0 Å². The molecule has 1 aliphatic rings. The van der Waals surface area contributed by atoms with Crippen molar-refractivity contribution in [1.82, 2.24) is 0 Å². The van der Waals surface area contributed by atoms with Gasteiger partial charge in [0, 0.05) is 24.7 Å². The summed E-state index contributed by atoms with van der Waals surface area (Å²) in [5.41, 5.74) is 10.5. The van der Waals surface area contributed by atoms with Crippen LogP contribution in [0.15, 0.2) is 42.5 Å². The highest BCUT2D eigenvalue weighted by Gasteiger charge is 2.30. The SMILES string of the molecule is COC(=O)c1cccc(-c2ccc3c(c2)C(N)CC(C)N3C(C)=O)c1. The van der Waals surface area contributed by atoms with E-state index in [-0.39, 0.29) is 24.0 Å². The number of esters is 1. The van der Waals surface area contributed by atoms with E-state index in [0.717, 1.165) is 28.8 Å². The average Bonchev–Trinajstić information content (AvgIpc) is 2.60. The van der Waals surface area contributed by atoms with E-state index in [4.69, 9.17) is 10.5 Å². The van der Waals surface area contributed by atoms with Gasteiger partial charge in [0.15, 0.2) is 0 Å². The van der Waals surface area contributed by atoms with Gasteiger partial charge in [-0.05, 0) is 54.3 Å². The second-order valence-corrected chi connectivity index (χ2v) is 6.43. The second kappa shape index (κ2) is 6.69. The first-order chi connectivity index (χ1) is 11.9. The minimum Gasteiger partial charge on any atom is -0.465 e. The quantitative estimate of drug-likeness (QED) is 0.853. The maximum atomic E-state index is 12.0. The first-order valence-electron chi connectivity index (χ1n) is 8.30. The molecule has 2 aromatic carbocycles. The lowest BCUT2D eigenvalue weighted by molar-refractivity contribution is -0.117. The highest BCUT2D eigenvalue weighted by Crippen LogP contribution is 2.38. The van der Waals surface area contributed by atoms with Gasteiger partial charge in [0.1, 0.15) is 0 Å². The number of benzene rings is 2. The zero-order valence-electron chi connectivity index (χ0n) is 14.7. The number of carbonyl (C=O) groups is 2. The molecule has 0 saturated carbocycles. The Morgan fingerprint density at radius 2 is 1.88 bits per heavy atom. The maximum absolute atomic E-state index is 12.0. The van der Waals surface area contributed by atoms with Crippen LogP contribution in [0.2, 0.25) is 0 Å². The Morgan fingerprint density at radius 1 is 1.16 bits per heavy atom. The molecule has 1 amide bonds. The summed E-state index contributed by atoms with van der Waals surface area (Å²) >= 11 is 0. The predicted molar refractivity (Wildman–Crippen MR) is 97.4 cm³/mol. The lowest BCUT2D eigenvalue weighted by Crippen LogP contribution is -2.43. The molecule has 5 nitrogen and oxygen atoms in total. The third-order valence-electron chi connectivity index (χ3n) is 4.68. The fourth-order valence-corrected chi connectivity index (χ4v) is 3.51. The monoisotopic (exact) mass is 338 g/mol. The topological polar surface area (TPSA) is 72.6 Å². The normalized spacial score (nSPS) is 19.3. The molecule has 1 heterocycles. The Kier molecular flexibility index (Phi) is 4.59. The summed E-state index contributed by atoms with van der Waals surface area (Å²) in [5, 5.41) is 0. The van der Waals surface area contributed by atoms with Crippen molar-refractivity contribution in [2.75, 3.05) is 12.0 Å². The van der Waals surface area contributed by atoms with Crippen LogP contribution in [0.4, 0.5) is 5.69 Å². The van der Waals surface area contributed by atoms with E-state index in [1.54, 1.807) is 24.0 Å². The third-order valence-corrected chi connectivity index (χ3v) is 4.68. The van der Waals surface area contributed by atoms with Crippen molar-refractivity contribution in [3.05, 3.63) is 53.6 Å². The van der Waals surface area contributed by atoms with Crippen molar-refractivity contribution in [2.24, 2.45) is 5.73 Å². The van der Waals surface area contributed by atoms with Crippen molar-refractivity contribution >= 4 is 17.6 Å². The molecule has 0 spiro atoms. The molecule has 2 aromatic rings. The molecule has 25 heavy (non-hydrogen) atoms. The highest BCUT2D eigenvalue weighted by atomic mass is 16.5. The molecule has 0 bridgehead atoms. The number of rotatable bonds is 2. The molecule has 1 aliphatic heterocycles. The van der Waals surface area contributed by atoms with Gasteiger partial charge in [-0.1, -0.05) is 18.2 Å². The lowest BCUT2D eigenvalue weighted by Gasteiger charge is -2.38. The first-order valence-corrected chi connectivity index (χ1v) is 8.30. The number of methoxy groups -OCH3 is 1. The van der Waals surface area contributed by atoms with Crippen LogP contribution < -0.4 is 10.6 Å². The molecule has 2 atom stereocenters. The maximum Gasteiger partial charge on any atom is 0.337 e. The zero-order valence-corrected chi connectivity index (χ0v) is 14.7. The summed E-state index contributed by atoms with van der Waals surface area (Å²) in [6.07, 6.45) is 0.720. The summed E-state index contributed by atoms with van der Waals surface area (Å²) in [6, 6.07) is 13.1. The van der Waals surface area contributed by atoms with E-state index in [0.29, 0.717) is 5.56 Å². The fourth-order valence-electron chi connectivity index (χ4n) is 3.51. The zero-order chi connectivity index (χ0) is 18.1. The van der Waals surface area contributed by atoms with Gasteiger partial charge in [0.25, 0.3) is 0 Å². The van der Waals surface area contributed by atoms with Crippen LogP contribution in [0.25, 0.3) is 11.1 Å². The fraction of sp³-hybridized carbons (Fsp3) is 0.300. The Labute approximate surface area is 147 Å². The van der Waals surface area contributed by atoms with E-state index < -0.39 is 0 Å². The number of carbonyl (C=O) groups excluding carboxylic acids is 2. The number of anilines is 1. The Hall–Kier alpha value is -2.66. The Bertz CT molecular complexity index is 831. The molecule has 3 rings (SSSR count). The van der Waals surface area contributed by atoms with Gasteiger partial charge in [-0.15, -0.1) is 0 Å². The van der Waals surface area contributed by atoms with Gasteiger partial charge in [-0.25, -0.2) is 4.79 Å². The van der Waals surface area contributed by atoms with Crippen molar-refractivity contribution in [1.29, 1.82) is 0 Å².